The molecule has 1 atom stereocenters. The maximum Gasteiger partial charge on any atom is 0.343 e. The number of nitrogens with two attached hydrogens (primary N) is 1. The summed E-state index contributed by atoms with van der Waals surface area (Å²) < 4.78 is 16.7. The highest BCUT2D eigenvalue weighted by atomic mass is 16.5. The lowest BCUT2D eigenvalue weighted by molar-refractivity contribution is 0.0734. The van der Waals surface area contributed by atoms with Gasteiger partial charge in [0.25, 0.3) is 0 Å². The number of hydrogen-bond acceptors (Lipinski definition) is 6. The molecule has 1 heterocycles. The molecule has 1 aliphatic rings. The molecule has 0 saturated carbocycles. The molecule has 3 aromatic rings. The number of fused-ring (bicyclic) bond motifs is 1. The molecule has 1 unspecified atom stereocenters. The van der Waals surface area contributed by atoms with Crippen LogP contribution in [0.2, 0.25) is 0 Å². The molecule has 0 amide bonds. The predicted octanol–water partition coefficient (Wildman–Crippen LogP) is 5.65. The minimum absolute atomic E-state index is 0.0444. The first kappa shape index (κ1) is 22.9. The van der Waals surface area contributed by atoms with E-state index in [0.717, 1.165) is 11.1 Å². The van der Waals surface area contributed by atoms with Gasteiger partial charge in [-0.25, -0.2) is 4.79 Å². The number of carbonyl (C=O) groups excluding carboxylic acids is 1. The van der Waals surface area contributed by atoms with Gasteiger partial charge in [0.1, 0.15) is 28.9 Å². The van der Waals surface area contributed by atoms with Crippen molar-refractivity contribution in [3.63, 3.8) is 0 Å². The maximum atomic E-state index is 12.6. The van der Waals surface area contributed by atoms with E-state index in [1.807, 2.05) is 19.1 Å². The Labute approximate surface area is 199 Å². The van der Waals surface area contributed by atoms with Crippen LogP contribution in [0.15, 0.2) is 78.2 Å². The molecule has 0 spiro atoms. The molecule has 0 radical (unpaired) electrons. The Balaban J connectivity index is 1.62. The Morgan fingerprint density at radius 3 is 2.35 bits per heavy atom. The number of hydrogen-bond donors (Lipinski definition) is 1. The van der Waals surface area contributed by atoms with Gasteiger partial charge < -0.3 is 19.9 Å². The summed E-state index contributed by atoms with van der Waals surface area (Å²) in [5.41, 5.74) is 9.79. The van der Waals surface area contributed by atoms with E-state index in [-0.39, 0.29) is 11.8 Å². The van der Waals surface area contributed by atoms with Crippen LogP contribution in [0.3, 0.4) is 0 Å². The summed E-state index contributed by atoms with van der Waals surface area (Å²) in [5.74, 6) is 1.03. The van der Waals surface area contributed by atoms with Crippen molar-refractivity contribution in [3.05, 3.63) is 100 Å². The van der Waals surface area contributed by atoms with E-state index in [4.69, 9.17) is 19.9 Å². The van der Waals surface area contributed by atoms with Crippen LogP contribution in [0, 0.1) is 11.3 Å². The van der Waals surface area contributed by atoms with E-state index in [9.17, 15) is 10.1 Å². The second-order valence-corrected chi connectivity index (χ2v) is 8.29. The van der Waals surface area contributed by atoms with Gasteiger partial charge in [0.15, 0.2) is 0 Å². The van der Waals surface area contributed by atoms with E-state index >= 15 is 0 Å². The van der Waals surface area contributed by atoms with Gasteiger partial charge >= 0.3 is 5.97 Å². The van der Waals surface area contributed by atoms with E-state index < -0.39 is 5.97 Å². The second kappa shape index (κ2) is 9.72. The monoisotopic (exact) mass is 454 g/mol. The third-order valence-corrected chi connectivity index (χ3v) is 5.74. The summed E-state index contributed by atoms with van der Waals surface area (Å²) in [6, 6.07) is 22.2. The van der Waals surface area contributed by atoms with Gasteiger partial charge in [-0.05, 0) is 54.3 Å². The van der Waals surface area contributed by atoms with Crippen LogP contribution in [0.1, 0.15) is 59.7 Å². The zero-order chi connectivity index (χ0) is 24.2. The van der Waals surface area contributed by atoms with Crippen molar-refractivity contribution in [2.75, 3.05) is 6.61 Å². The molecule has 172 valence electrons. The van der Waals surface area contributed by atoms with Crippen LogP contribution in [0.25, 0.3) is 0 Å². The first-order valence-corrected chi connectivity index (χ1v) is 11.2. The van der Waals surface area contributed by atoms with Crippen LogP contribution >= 0.6 is 0 Å². The molecule has 6 heteroatoms. The largest absolute Gasteiger partial charge is 0.494 e. The average Bonchev–Trinajstić information content (AvgIpc) is 2.83. The standard InChI is InChI=1S/C28H26N2O4/c1-4-32-21-11-9-20(10-12-21)28(31)33-22-13-14-23-25(15-22)34-27(30)24(16-29)26(23)19-7-5-18(6-8-19)17(2)3/h5-15,17,26H,4,30H2,1-3H3. The Hall–Kier alpha value is -4.24. The van der Waals surface area contributed by atoms with E-state index in [1.165, 1.54) is 5.56 Å². The highest BCUT2D eigenvalue weighted by Crippen LogP contribution is 2.43. The smallest absolute Gasteiger partial charge is 0.343 e. The third-order valence-electron chi connectivity index (χ3n) is 5.74. The van der Waals surface area contributed by atoms with Crippen molar-refractivity contribution in [1.29, 1.82) is 5.26 Å². The van der Waals surface area contributed by atoms with E-state index in [0.29, 0.717) is 40.9 Å². The number of benzene rings is 3. The van der Waals surface area contributed by atoms with Gasteiger partial charge in [0.2, 0.25) is 5.88 Å². The summed E-state index contributed by atoms with van der Waals surface area (Å²) in [6.07, 6.45) is 0. The molecular weight excluding hydrogens is 428 g/mol. The number of nitrogens with zero attached hydrogens (tertiary/aromatic N) is 1. The molecule has 1 aliphatic heterocycles. The molecule has 0 fully saturated rings. The fourth-order valence-electron chi connectivity index (χ4n) is 3.94. The topological polar surface area (TPSA) is 94.6 Å². The van der Waals surface area contributed by atoms with Gasteiger partial charge in [0.05, 0.1) is 18.1 Å². The number of nitriles is 1. The number of rotatable bonds is 6. The van der Waals surface area contributed by atoms with Gasteiger partial charge in [-0.3, -0.25) is 0 Å². The number of carbonyl (C=O) groups is 1. The molecule has 0 saturated heterocycles. The van der Waals surface area contributed by atoms with Crippen molar-refractivity contribution in [3.8, 4) is 23.3 Å². The van der Waals surface area contributed by atoms with E-state index in [1.54, 1.807) is 42.5 Å². The van der Waals surface area contributed by atoms with Crippen LogP contribution in [0.5, 0.6) is 17.2 Å². The quantitative estimate of drug-likeness (QED) is 0.382. The van der Waals surface area contributed by atoms with Crippen molar-refractivity contribution in [2.24, 2.45) is 5.73 Å². The highest BCUT2D eigenvalue weighted by Gasteiger charge is 2.31. The Morgan fingerprint density at radius 1 is 1.06 bits per heavy atom. The molecule has 0 bridgehead atoms. The predicted molar refractivity (Wildman–Crippen MR) is 129 cm³/mol. The summed E-state index contributed by atoms with van der Waals surface area (Å²) in [4.78, 5) is 12.6. The lowest BCUT2D eigenvalue weighted by Gasteiger charge is -2.27. The van der Waals surface area contributed by atoms with Crippen LogP contribution in [-0.4, -0.2) is 12.6 Å². The van der Waals surface area contributed by atoms with Gasteiger partial charge in [-0.2, -0.15) is 5.26 Å². The minimum atomic E-state index is -0.499. The van der Waals surface area contributed by atoms with Crippen molar-refractivity contribution in [2.45, 2.75) is 32.6 Å². The van der Waals surface area contributed by atoms with Gasteiger partial charge in [0, 0.05) is 11.6 Å². The van der Waals surface area contributed by atoms with Crippen molar-refractivity contribution >= 4 is 5.97 Å². The molecule has 0 aromatic heterocycles. The fourth-order valence-corrected chi connectivity index (χ4v) is 3.94. The lowest BCUT2D eigenvalue weighted by Crippen LogP contribution is -2.21. The first-order chi connectivity index (χ1) is 16.4. The normalized spacial score (nSPS) is 14.7. The molecular formula is C28H26N2O4. The average molecular weight is 455 g/mol. The molecule has 6 nitrogen and oxygen atoms in total. The summed E-state index contributed by atoms with van der Waals surface area (Å²) in [5, 5.41) is 9.77. The zero-order valence-electron chi connectivity index (χ0n) is 19.4. The molecule has 0 aliphatic carbocycles. The Morgan fingerprint density at radius 2 is 1.74 bits per heavy atom. The number of ether oxygens (including phenoxy) is 3. The maximum absolute atomic E-state index is 12.6. The van der Waals surface area contributed by atoms with Gasteiger partial charge in [-0.15, -0.1) is 0 Å². The van der Waals surface area contributed by atoms with Crippen LogP contribution in [0.4, 0.5) is 0 Å². The van der Waals surface area contributed by atoms with Crippen LogP contribution in [-0.2, 0) is 0 Å². The van der Waals surface area contributed by atoms with Crippen molar-refractivity contribution < 1.29 is 19.0 Å². The zero-order valence-corrected chi connectivity index (χ0v) is 19.4. The third kappa shape index (κ3) is 4.60. The van der Waals surface area contributed by atoms with Crippen molar-refractivity contribution in [1.82, 2.24) is 0 Å². The summed E-state index contributed by atoms with van der Waals surface area (Å²) >= 11 is 0. The Bertz CT molecular complexity index is 1270. The Kier molecular flexibility index (Phi) is 6.55. The fraction of sp³-hybridized carbons (Fsp3) is 0.214. The van der Waals surface area contributed by atoms with Gasteiger partial charge in [-0.1, -0.05) is 44.2 Å². The summed E-state index contributed by atoms with van der Waals surface area (Å²) in [7, 11) is 0. The molecule has 34 heavy (non-hydrogen) atoms. The SMILES string of the molecule is CCOc1ccc(C(=O)Oc2ccc3c(c2)OC(N)=C(C#N)C3c2ccc(C(C)C)cc2)cc1. The number of esters is 1. The molecule has 4 rings (SSSR count). The second-order valence-electron chi connectivity index (χ2n) is 8.29. The van der Waals surface area contributed by atoms with Crippen LogP contribution < -0.4 is 19.9 Å². The molecule has 2 N–H and O–H groups in total. The lowest BCUT2D eigenvalue weighted by atomic mass is 9.83. The molecule has 3 aromatic carbocycles. The first-order valence-electron chi connectivity index (χ1n) is 11.2. The number of allylic oxidation sites excluding steroid dienone is 1. The highest BCUT2D eigenvalue weighted by molar-refractivity contribution is 5.91. The minimum Gasteiger partial charge on any atom is -0.494 e. The summed E-state index contributed by atoms with van der Waals surface area (Å²) in [6.45, 7) is 6.71. The van der Waals surface area contributed by atoms with E-state index in [2.05, 4.69) is 32.0 Å².